The second-order valence-corrected chi connectivity index (χ2v) is 6.55. The number of nitrogens with zero attached hydrogens (tertiary/aromatic N) is 3. The van der Waals surface area contributed by atoms with Gasteiger partial charge < -0.3 is 15.0 Å². The maximum atomic E-state index is 12.3. The Labute approximate surface area is 143 Å². The van der Waals surface area contributed by atoms with Crippen LogP contribution < -0.4 is 15.0 Å². The maximum Gasteiger partial charge on any atom is 0.251 e. The highest BCUT2D eigenvalue weighted by Crippen LogP contribution is 2.30. The van der Waals surface area contributed by atoms with Crippen LogP contribution in [0.4, 0.5) is 5.82 Å². The molecule has 1 amide bonds. The van der Waals surface area contributed by atoms with Crippen LogP contribution in [0.1, 0.15) is 10.4 Å². The monoisotopic (exact) mass is 340 g/mol. The lowest BCUT2D eigenvalue weighted by atomic mass is 10.1. The van der Waals surface area contributed by atoms with Gasteiger partial charge in [0.15, 0.2) is 0 Å². The topological polar surface area (TPSA) is 67.3 Å². The predicted molar refractivity (Wildman–Crippen MR) is 93.9 cm³/mol. The molecule has 0 bridgehead atoms. The lowest BCUT2D eigenvalue weighted by Gasteiger charge is -2.40. The third kappa shape index (κ3) is 2.67. The van der Waals surface area contributed by atoms with E-state index in [1.54, 1.807) is 49.0 Å². The number of rotatable bonds is 4. The van der Waals surface area contributed by atoms with Crippen LogP contribution in [0.5, 0.6) is 5.75 Å². The fourth-order valence-corrected chi connectivity index (χ4v) is 3.62. The summed E-state index contributed by atoms with van der Waals surface area (Å²) in [5.74, 6) is 1.63. The number of hydrogen-bond acceptors (Lipinski definition) is 6. The second-order valence-electron chi connectivity index (χ2n) is 5.64. The number of hydrogen-bond donors (Lipinski definition) is 1. The minimum absolute atomic E-state index is 0.0636. The van der Waals surface area contributed by atoms with Crippen molar-refractivity contribution in [3.63, 3.8) is 0 Å². The fourth-order valence-electron chi connectivity index (χ4n) is 2.76. The molecule has 1 aliphatic rings. The average molecular weight is 340 g/mol. The van der Waals surface area contributed by atoms with Crippen LogP contribution >= 0.6 is 11.3 Å². The smallest absolute Gasteiger partial charge is 0.251 e. The van der Waals surface area contributed by atoms with Crippen LogP contribution in [-0.2, 0) is 0 Å². The third-order valence-corrected chi connectivity index (χ3v) is 4.99. The number of thiophene rings is 1. The number of methoxy groups -OCH3 is 1. The molecule has 1 aliphatic heterocycles. The van der Waals surface area contributed by atoms with Crippen LogP contribution in [0.3, 0.4) is 0 Å². The molecule has 0 saturated carbocycles. The minimum Gasteiger partial charge on any atom is -0.497 e. The van der Waals surface area contributed by atoms with E-state index in [2.05, 4.69) is 20.2 Å². The zero-order valence-corrected chi connectivity index (χ0v) is 13.9. The first-order valence-electron chi connectivity index (χ1n) is 7.62. The van der Waals surface area contributed by atoms with Crippen LogP contribution in [0.25, 0.3) is 10.2 Å². The van der Waals surface area contributed by atoms with Crippen molar-refractivity contribution in [2.24, 2.45) is 0 Å². The van der Waals surface area contributed by atoms with E-state index in [4.69, 9.17) is 4.74 Å². The molecule has 0 spiro atoms. The molecule has 1 saturated heterocycles. The molecule has 0 unspecified atom stereocenters. The quantitative estimate of drug-likeness (QED) is 0.789. The molecule has 3 heterocycles. The van der Waals surface area contributed by atoms with Gasteiger partial charge in [0.05, 0.1) is 23.4 Å². The molecule has 2 aromatic heterocycles. The van der Waals surface area contributed by atoms with Crippen LogP contribution in [-0.4, -0.2) is 42.1 Å². The molecule has 0 aliphatic carbocycles. The van der Waals surface area contributed by atoms with Gasteiger partial charge >= 0.3 is 0 Å². The van der Waals surface area contributed by atoms with Gasteiger partial charge in [0, 0.05) is 18.7 Å². The molecule has 3 aromatic rings. The number of benzene rings is 1. The highest BCUT2D eigenvalue weighted by molar-refractivity contribution is 7.17. The summed E-state index contributed by atoms with van der Waals surface area (Å²) >= 11 is 1.64. The number of carbonyl (C=O) groups excluding carboxylic acids is 1. The van der Waals surface area contributed by atoms with Gasteiger partial charge in [-0.1, -0.05) is 0 Å². The van der Waals surface area contributed by atoms with Crippen molar-refractivity contribution < 1.29 is 9.53 Å². The number of anilines is 1. The first kappa shape index (κ1) is 14.9. The normalized spacial score (nSPS) is 14.5. The average Bonchev–Trinajstić information content (AvgIpc) is 3.06. The minimum atomic E-state index is -0.0636. The number of aromatic nitrogens is 2. The summed E-state index contributed by atoms with van der Waals surface area (Å²) in [6, 6.07) is 9.24. The molecule has 6 nitrogen and oxygen atoms in total. The van der Waals surface area contributed by atoms with Crippen molar-refractivity contribution >= 4 is 33.3 Å². The molecule has 122 valence electrons. The Morgan fingerprint density at radius 1 is 1.25 bits per heavy atom. The Balaban J connectivity index is 1.39. The molecule has 1 aromatic carbocycles. The zero-order chi connectivity index (χ0) is 16.5. The summed E-state index contributed by atoms with van der Waals surface area (Å²) in [7, 11) is 1.61. The van der Waals surface area contributed by atoms with E-state index in [0.717, 1.165) is 34.9 Å². The summed E-state index contributed by atoms with van der Waals surface area (Å²) in [6.45, 7) is 1.51. The highest BCUT2D eigenvalue weighted by atomic mass is 32.1. The second kappa shape index (κ2) is 6.09. The summed E-state index contributed by atoms with van der Waals surface area (Å²) < 4.78 is 6.20. The van der Waals surface area contributed by atoms with Gasteiger partial charge in [-0.25, -0.2) is 9.97 Å². The Bertz CT molecular complexity index is 872. The first-order chi connectivity index (χ1) is 11.7. The lowest BCUT2D eigenvalue weighted by molar-refractivity contribution is 0.0930. The predicted octanol–water partition coefficient (Wildman–Crippen LogP) is 2.32. The van der Waals surface area contributed by atoms with Gasteiger partial charge in [-0.2, -0.15) is 0 Å². The van der Waals surface area contributed by atoms with Crippen molar-refractivity contribution in [2.75, 3.05) is 25.1 Å². The Morgan fingerprint density at radius 2 is 2.04 bits per heavy atom. The lowest BCUT2D eigenvalue weighted by Crippen LogP contribution is -2.59. The number of nitrogens with one attached hydrogen (secondary N) is 1. The van der Waals surface area contributed by atoms with Gasteiger partial charge in [0.25, 0.3) is 5.91 Å². The molecule has 1 fully saturated rings. The van der Waals surface area contributed by atoms with E-state index >= 15 is 0 Å². The summed E-state index contributed by atoms with van der Waals surface area (Å²) in [5, 5.41) is 5.07. The maximum absolute atomic E-state index is 12.3. The number of carbonyl (C=O) groups is 1. The first-order valence-corrected chi connectivity index (χ1v) is 8.50. The van der Waals surface area contributed by atoms with E-state index < -0.39 is 0 Å². The molecule has 0 radical (unpaired) electrons. The van der Waals surface area contributed by atoms with Gasteiger partial charge in [-0.05, 0) is 35.7 Å². The van der Waals surface area contributed by atoms with Crippen molar-refractivity contribution in [1.29, 1.82) is 0 Å². The zero-order valence-electron chi connectivity index (χ0n) is 13.1. The Hall–Kier alpha value is -2.67. The van der Waals surface area contributed by atoms with E-state index in [9.17, 15) is 4.79 Å². The van der Waals surface area contributed by atoms with E-state index in [0.29, 0.717) is 5.56 Å². The SMILES string of the molecule is COc1ccc(C(=O)NC2CN(c3ncnc4ccsc34)C2)cc1. The van der Waals surface area contributed by atoms with E-state index in [-0.39, 0.29) is 11.9 Å². The molecule has 1 N–H and O–H groups in total. The van der Waals surface area contributed by atoms with Crippen molar-refractivity contribution in [3.8, 4) is 5.75 Å². The van der Waals surface area contributed by atoms with Crippen molar-refractivity contribution in [2.45, 2.75) is 6.04 Å². The fraction of sp³-hybridized carbons (Fsp3) is 0.235. The number of amides is 1. The number of fused-ring (bicyclic) bond motifs is 1. The third-order valence-electron chi connectivity index (χ3n) is 4.09. The van der Waals surface area contributed by atoms with Crippen molar-refractivity contribution in [1.82, 2.24) is 15.3 Å². The van der Waals surface area contributed by atoms with Gasteiger partial charge in [0.1, 0.15) is 17.9 Å². The van der Waals surface area contributed by atoms with Crippen LogP contribution in [0, 0.1) is 0 Å². The molecular formula is C17H16N4O2S. The summed E-state index contributed by atoms with van der Waals surface area (Å²) in [4.78, 5) is 23.1. The van der Waals surface area contributed by atoms with Crippen LogP contribution in [0.2, 0.25) is 0 Å². The van der Waals surface area contributed by atoms with E-state index in [1.807, 2.05) is 11.4 Å². The summed E-state index contributed by atoms with van der Waals surface area (Å²) in [5.41, 5.74) is 1.60. The van der Waals surface area contributed by atoms with Gasteiger partial charge in [0.2, 0.25) is 0 Å². The molecule has 0 atom stereocenters. The Morgan fingerprint density at radius 3 is 2.79 bits per heavy atom. The summed E-state index contributed by atoms with van der Waals surface area (Å²) in [6.07, 6.45) is 1.59. The highest BCUT2D eigenvalue weighted by Gasteiger charge is 2.30. The molecule has 4 rings (SSSR count). The van der Waals surface area contributed by atoms with Gasteiger partial charge in [-0.15, -0.1) is 11.3 Å². The molecule has 24 heavy (non-hydrogen) atoms. The molecular weight excluding hydrogens is 324 g/mol. The van der Waals surface area contributed by atoms with Crippen LogP contribution in [0.15, 0.2) is 42.0 Å². The van der Waals surface area contributed by atoms with Gasteiger partial charge in [-0.3, -0.25) is 4.79 Å². The standard InChI is InChI=1S/C17H16N4O2S/c1-23-13-4-2-11(3-5-13)17(22)20-12-8-21(9-12)16-15-14(6-7-24-15)18-10-19-16/h2-7,10,12H,8-9H2,1H3,(H,20,22). The number of ether oxygens (including phenoxy) is 1. The van der Waals surface area contributed by atoms with E-state index in [1.165, 1.54) is 0 Å². The Kier molecular flexibility index (Phi) is 3.78. The van der Waals surface area contributed by atoms with Crippen molar-refractivity contribution in [3.05, 3.63) is 47.6 Å². The largest absolute Gasteiger partial charge is 0.497 e. The molecule has 7 heteroatoms.